The maximum absolute atomic E-state index is 13.2. The molecule has 0 spiro atoms. The lowest BCUT2D eigenvalue weighted by atomic mass is 9.96. The Morgan fingerprint density at radius 2 is 1.56 bits per heavy atom. The number of rotatable bonds is 9. The highest BCUT2D eigenvalue weighted by molar-refractivity contribution is 6.30. The average Bonchev–Trinajstić information content (AvgIpc) is 3.22. The maximum Gasteiger partial charge on any atom is 0.189 e. The molecule has 0 saturated carbocycles. The number of Topliss-reactive ketones (excluding diaryl/α,β-unsaturated/α-hetero) is 1. The zero-order chi connectivity index (χ0) is 22.3. The summed E-state index contributed by atoms with van der Waals surface area (Å²) in [6.45, 7) is 1.02. The quantitative estimate of drug-likeness (QED) is 0.227. The summed E-state index contributed by atoms with van der Waals surface area (Å²) in [4.78, 5) is 17.7. The summed E-state index contributed by atoms with van der Waals surface area (Å²) in [7, 11) is 0. The number of allylic oxidation sites excluding steroid dienone is 1. The van der Waals surface area contributed by atoms with Crippen LogP contribution in [0.25, 0.3) is 11.1 Å². The van der Waals surface area contributed by atoms with Crippen LogP contribution in [0.15, 0.2) is 90.0 Å². The molecule has 5 heteroatoms. The van der Waals surface area contributed by atoms with Crippen molar-refractivity contribution in [3.8, 4) is 11.1 Å². The summed E-state index contributed by atoms with van der Waals surface area (Å²) in [5, 5.41) is 9.79. The van der Waals surface area contributed by atoms with Crippen LogP contribution in [0.2, 0.25) is 5.02 Å². The Kier molecular flexibility index (Phi) is 7.51. The van der Waals surface area contributed by atoms with E-state index in [-0.39, 0.29) is 18.3 Å². The molecule has 0 amide bonds. The van der Waals surface area contributed by atoms with Crippen LogP contribution in [0.4, 0.5) is 0 Å². The number of ether oxygens (including phenoxy) is 1. The Bertz CT molecular complexity index is 1070. The highest BCUT2D eigenvalue weighted by Gasteiger charge is 2.30. The first-order valence-electron chi connectivity index (χ1n) is 10.7. The molecule has 0 radical (unpaired) electrons. The van der Waals surface area contributed by atoms with Crippen LogP contribution in [-0.2, 0) is 16.2 Å². The first-order chi connectivity index (χ1) is 15.7. The van der Waals surface area contributed by atoms with Gasteiger partial charge >= 0.3 is 0 Å². The number of hydrogen-bond acceptors (Lipinski definition) is 4. The van der Waals surface area contributed by atoms with Crippen LogP contribution in [-0.4, -0.2) is 24.3 Å². The van der Waals surface area contributed by atoms with Gasteiger partial charge in [-0.2, -0.15) is 0 Å². The van der Waals surface area contributed by atoms with Gasteiger partial charge in [-0.15, -0.1) is 0 Å². The molecule has 32 heavy (non-hydrogen) atoms. The summed E-state index contributed by atoms with van der Waals surface area (Å²) in [5.41, 5.74) is 5.33. The van der Waals surface area contributed by atoms with Crippen molar-refractivity contribution in [3.63, 3.8) is 0 Å². The van der Waals surface area contributed by atoms with Gasteiger partial charge in [0.2, 0.25) is 0 Å². The summed E-state index contributed by atoms with van der Waals surface area (Å²) in [6, 6.07) is 25.1. The van der Waals surface area contributed by atoms with Crippen molar-refractivity contribution in [1.82, 2.24) is 0 Å². The Labute approximate surface area is 193 Å². The van der Waals surface area contributed by atoms with E-state index in [4.69, 9.17) is 21.6 Å². The van der Waals surface area contributed by atoms with Gasteiger partial charge in [-0.05, 0) is 47.2 Å². The van der Waals surface area contributed by atoms with Crippen molar-refractivity contribution in [2.75, 3.05) is 13.2 Å². The fourth-order valence-corrected chi connectivity index (χ4v) is 4.27. The molecule has 0 bridgehead atoms. The fraction of sp³-hybridized carbons (Fsp3) is 0.222. The standard InChI is InChI=1S/C27H25ClO4/c28-24-13-10-21(11-14-24)20-6-8-22(9-7-20)27(29)25-15-12-23(26(25)18-32-30)17-31-16-19-4-2-1-3-5-19/h1-11,13-14,23,30H,12,15-18H2. The van der Waals surface area contributed by atoms with Gasteiger partial charge in [-0.25, -0.2) is 4.89 Å². The summed E-state index contributed by atoms with van der Waals surface area (Å²) >= 11 is 5.97. The summed E-state index contributed by atoms with van der Waals surface area (Å²) < 4.78 is 5.90. The minimum atomic E-state index is -0.0229. The first kappa shape index (κ1) is 22.4. The molecule has 4 rings (SSSR count). The zero-order valence-corrected chi connectivity index (χ0v) is 18.4. The van der Waals surface area contributed by atoms with E-state index in [9.17, 15) is 4.79 Å². The number of benzene rings is 3. The van der Waals surface area contributed by atoms with Crippen molar-refractivity contribution in [3.05, 3.63) is 106 Å². The molecule has 164 valence electrons. The number of halogens is 1. The van der Waals surface area contributed by atoms with E-state index in [0.717, 1.165) is 28.7 Å². The summed E-state index contributed by atoms with van der Waals surface area (Å²) in [6.07, 6.45) is 1.45. The molecule has 1 atom stereocenters. The molecule has 1 N–H and O–H groups in total. The summed E-state index contributed by atoms with van der Waals surface area (Å²) in [5.74, 6) is 0.0309. The molecule has 0 heterocycles. The van der Waals surface area contributed by atoms with Crippen molar-refractivity contribution in [2.24, 2.45) is 5.92 Å². The Morgan fingerprint density at radius 3 is 2.22 bits per heavy atom. The lowest BCUT2D eigenvalue weighted by molar-refractivity contribution is -0.235. The Morgan fingerprint density at radius 1 is 0.906 bits per heavy atom. The minimum absolute atomic E-state index is 0.0172. The topological polar surface area (TPSA) is 55.8 Å². The molecule has 0 saturated heterocycles. The number of ketones is 1. The molecule has 3 aromatic carbocycles. The Hall–Kier alpha value is -2.76. The first-order valence-corrected chi connectivity index (χ1v) is 11.0. The van der Waals surface area contributed by atoms with Crippen LogP contribution in [0.1, 0.15) is 28.8 Å². The van der Waals surface area contributed by atoms with Crippen molar-refractivity contribution in [2.45, 2.75) is 19.4 Å². The van der Waals surface area contributed by atoms with E-state index in [0.29, 0.717) is 35.8 Å². The molecule has 1 unspecified atom stereocenters. The second kappa shape index (κ2) is 10.7. The van der Waals surface area contributed by atoms with Gasteiger partial charge in [-0.1, -0.05) is 78.3 Å². The molecule has 0 fully saturated rings. The molecule has 3 aromatic rings. The van der Waals surface area contributed by atoms with Crippen LogP contribution < -0.4 is 0 Å². The maximum atomic E-state index is 13.2. The molecule has 1 aliphatic carbocycles. The molecule has 0 aliphatic heterocycles. The van der Waals surface area contributed by atoms with Crippen LogP contribution >= 0.6 is 11.6 Å². The monoisotopic (exact) mass is 448 g/mol. The van der Waals surface area contributed by atoms with Crippen molar-refractivity contribution in [1.29, 1.82) is 0 Å². The lowest BCUT2D eigenvalue weighted by Crippen LogP contribution is -2.14. The second-order valence-corrected chi connectivity index (χ2v) is 8.36. The molecule has 1 aliphatic rings. The van der Waals surface area contributed by atoms with Gasteiger partial charge in [0.15, 0.2) is 5.78 Å². The normalized spacial score (nSPS) is 15.9. The van der Waals surface area contributed by atoms with E-state index in [1.807, 2.05) is 78.9 Å². The smallest absolute Gasteiger partial charge is 0.189 e. The fourth-order valence-electron chi connectivity index (χ4n) is 4.14. The average molecular weight is 449 g/mol. The van der Waals surface area contributed by atoms with Crippen LogP contribution in [0, 0.1) is 5.92 Å². The largest absolute Gasteiger partial charge is 0.376 e. The van der Waals surface area contributed by atoms with Crippen LogP contribution in [0.5, 0.6) is 0 Å². The van der Waals surface area contributed by atoms with E-state index in [2.05, 4.69) is 4.89 Å². The van der Waals surface area contributed by atoms with Gasteiger partial charge in [0.1, 0.15) is 6.61 Å². The van der Waals surface area contributed by atoms with Gasteiger partial charge in [0.25, 0.3) is 0 Å². The molecular weight excluding hydrogens is 424 g/mol. The Balaban J connectivity index is 1.46. The van der Waals surface area contributed by atoms with Crippen molar-refractivity contribution < 1.29 is 19.7 Å². The van der Waals surface area contributed by atoms with Crippen molar-refractivity contribution >= 4 is 17.4 Å². The predicted octanol–water partition coefficient (Wildman–Crippen LogP) is 6.60. The predicted molar refractivity (Wildman–Crippen MR) is 126 cm³/mol. The third kappa shape index (κ3) is 5.34. The molecular formula is C27H25ClO4. The number of carbonyl (C=O) groups is 1. The van der Waals surface area contributed by atoms with Gasteiger partial charge in [0, 0.05) is 22.1 Å². The third-order valence-electron chi connectivity index (χ3n) is 5.87. The van der Waals surface area contributed by atoms with E-state index in [1.165, 1.54) is 0 Å². The van der Waals surface area contributed by atoms with Gasteiger partial charge in [0.05, 0.1) is 13.2 Å². The second-order valence-electron chi connectivity index (χ2n) is 7.93. The van der Waals surface area contributed by atoms with Gasteiger partial charge in [-0.3, -0.25) is 10.1 Å². The third-order valence-corrected chi connectivity index (χ3v) is 6.12. The van der Waals surface area contributed by atoms with E-state index in [1.54, 1.807) is 0 Å². The minimum Gasteiger partial charge on any atom is -0.376 e. The number of hydrogen-bond donors (Lipinski definition) is 1. The highest BCUT2D eigenvalue weighted by atomic mass is 35.5. The van der Waals surface area contributed by atoms with Gasteiger partial charge < -0.3 is 4.74 Å². The van der Waals surface area contributed by atoms with E-state index >= 15 is 0 Å². The highest BCUT2D eigenvalue weighted by Crippen LogP contribution is 2.35. The van der Waals surface area contributed by atoms with E-state index < -0.39 is 0 Å². The van der Waals surface area contributed by atoms with Crippen LogP contribution in [0.3, 0.4) is 0 Å². The molecule has 0 aromatic heterocycles. The molecule has 4 nitrogen and oxygen atoms in total. The SMILES string of the molecule is O=C(C1=C(COO)C(COCc2ccccc2)CC1)c1ccc(-c2ccc(Cl)cc2)cc1. The zero-order valence-electron chi connectivity index (χ0n) is 17.7. The lowest BCUT2D eigenvalue weighted by Gasteiger charge is -2.15. The number of carbonyl (C=O) groups excluding carboxylic acids is 1.